The number of benzene rings is 5. The third-order valence-electron chi connectivity index (χ3n) is 15.6. The molecule has 0 saturated carbocycles. The molecule has 2 aliphatic carbocycles. The van der Waals surface area contributed by atoms with Crippen LogP contribution in [0.1, 0.15) is 141 Å². The van der Waals surface area contributed by atoms with Crippen molar-refractivity contribution in [3.8, 4) is 5.69 Å². The molecule has 0 bridgehead atoms. The first-order chi connectivity index (χ1) is 27.2. The molecule has 2 aliphatic heterocycles. The smallest absolute Gasteiger partial charge is 0.252 e. The summed E-state index contributed by atoms with van der Waals surface area (Å²) in [4.78, 5) is 2.72. The van der Waals surface area contributed by atoms with Crippen LogP contribution in [0.15, 0.2) is 77.2 Å². The van der Waals surface area contributed by atoms with E-state index in [9.17, 15) is 0 Å². The van der Waals surface area contributed by atoms with Crippen molar-refractivity contribution in [2.75, 3.05) is 4.90 Å². The molecule has 3 nitrogen and oxygen atoms in total. The van der Waals surface area contributed by atoms with Crippen LogP contribution in [0, 0.1) is 13.8 Å². The summed E-state index contributed by atoms with van der Waals surface area (Å²) in [7, 11) is 0. The number of anilines is 3. The Morgan fingerprint density at radius 3 is 1.78 bits per heavy atom. The Morgan fingerprint density at radius 1 is 0.569 bits per heavy atom. The molecule has 4 aliphatic rings. The normalized spacial score (nSPS) is 19.3. The maximum absolute atomic E-state index is 6.92. The third-order valence-corrected chi connectivity index (χ3v) is 15.6. The Morgan fingerprint density at radius 2 is 1.14 bits per heavy atom. The van der Waals surface area contributed by atoms with E-state index in [4.69, 9.17) is 4.42 Å². The van der Waals surface area contributed by atoms with Gasteiger partial charge in [-0.2, -0.15) is 0 Å². The number of para-hydroxylation sites is 1. The fourth-order valence-electron chi connectivity index (χ4n) is 11.8. The molecule has 294 valence electrons. The summed E-state index contributed by atoms with van der Waals surface area (Å²) in [5.74, 6) is 0. The lowest BCUT2D eigenvalue weighted by molar-refractivity contribution is 0.331. The van der Waals surface area contributed by atoms with E-state index in [2.05, 4.69) is 172 Å². The van der Waals surface area contributed by atoms with Gasteiger partial charge in [0.25, 0.3) is 6.71 Å². The van der Waals surface area contributed by atoms with Crippen molar-refractivity contribution >= 4 is 73.1 Å². The zero-order valence-electron chi connectivity index (χ0n) is 37.1. The number of aryl methyl sites for hydroxylation is 2. The van der Waals surface area contributed by atoms with Gasteiger partial charge in [0.2, 0.25) is 0 Å². The van der Waals surface area contributed by atoms with Gasteiger partial charge in [0.15, 0.2) is 5.58 Å². The van der Waals surface area contributed by atoms with E-state index in [1.165, 1.54) is 126 Å². The first-order valence-corrected chi connectivity index (χ1v) is 22.0. The van der Waals surface area contributed by atoms with Gasteiger partial charge in [-0.1, -0.05) is 106 Å². The number of rotatable bonds is 1. The summed E-state index contributed by atoms with van der Waals surface area (Å²) in [5, 5.41) is 2.40. The largest absolute Gasteiger partial charge is 0.454 e. The van der Waals surface area contributed by atoms with E-state index in [0.29, 0.717) is 0 Å². The van der Waals surface area contributed by atoms with Crippen LogP contribution in [0.25, 0.3) is 38.7 Å². The minimum Gasteiger partial charge on any atom is -0.454 e. The lowest BCUT2D eigenvalue weighted by atomic mass is 9.33. The van der Waals surface area contributed by atoms with Crippen LogP contribution >= 0.6 is 0 Å². The van der Waals surface area contributed by atoms with Gasteiger partial charge in [0.05, 0.1) is 5.52 Å². The first kappa shape index (κ1) is 36.4. The van der Waals surface area contributed by atoms with Crippen LogP contribution in [0.2, 0.25) is 0 Å². The van der Waals surface area contributed by atoms with E-state index in [0.717, 1.165) is 11.2 Å². The fraction of sp³-hybridized carbons (Fsp3) is 0.407. The van der Waals surface area contributed by atoms with Gasteiger partial charge in [-0.05, 0) is 164 Å². The van der Waals surface area contributed by atoms with Gasteiger partial charge in [0, 0.05) is 33.5 Å². The zero-order valence-corrected chi connectivity index (χ0v) is 37.1. The second-order valence-corrected chi connectivity index (χ2v) is 22.5. The van der Waals surface area contributed by atoms with Crippen molar-refractivity contribution in [1.29, 1.82) is 0 Å². The van der Waals surface area contributed by atoms with E-state index in [1.54, 1.807) is 0 Å². The number of hydrogen-bond donors (Lipinski definition) is 0. The Balaban J connectivity index is 1.33. The molecule has 0 unspecified atom stereocenters. The second kappa shape index (κ2) is 11.1. The first-order valence-electron chi connectivity index (χ1n) is 22.0. The molecule has 4 heteroatoms. The van der Waals surface area contributed by atoms with Crippen molar-refractivity contribution in [2.24, 2.45) is 0 Å². The lowest BCUT2D eigenvalue weighted by Gasteiger charge is -2.47. The van der Waals surface area contributed by atoms with E-state index in [-0.39, 0.29) is 33.8 Å². The lowest BCUT2D eigenvalue weighted by Crippen LogP contribution is -2.61. The number of hydrogen-bond acceptors (Lipinski definition) is 2. The molecular weight excluding hydrogens is 703 g/mol. The molecule has 0 fully saturated rings. The van der Waals surface area contributed by atoms with Gasteiger partial charge >= 0.3 is 0 Å². The quantitative estimate of drug-likeness (QED) is 0.155. The summed E-state index contributed by atoms with van der Waals surface area (Å²) in [6.07, 6.45) is 4.77. The highest BCUT2D eigenvalue weighted by atomic mass is 16.3. The summed E-state index contributed by atoms with van der Waals surface area (Å²) < 4.78 is 9.51. The van der Waals surface area contributed by atoms with Crippen LogP contribution in [0.4, 0.5) is 17.1 Å². The molecule has 0 amide bonds. The number of aromatic nitrogens is 1. The van der Waals surface area contributed by atoms with Crippen LogP contribution in [-0.4, -0.2) is 11.3 Å². The van der Waals surface area contributed by atoms with Crippen LogP contribution in [0.5, 0.6) is 0 Å². The van der Waals surface area contributed by atoms with E-state index < -0.39 is 0 Å². The highest BCUT2D eigenvalue weighted by Gasteiger charge is 2.47. The maximum Gasteiger partial charge on any atom is 0.252 e. The van der Waals surface area contributed by atoms with Gasteiger partial charge in [-0.15, -0.1) is 0 Å². The number of fused-ring (bicyclic) bond motifs is 11. The minimum atomic E-state index is -0.0479. The minimum absolute atomic E-state index is 0.0479. The average molecular weight is 763 g/mol. The van der Waals surface area contributed by atoms with Crippen molar-refractivity contribution < 1.29 is 4.42 Å². The molecular formula is C54H59BN2O. The Kier molecular flexibility index (Phi) is 6.97. The predicted octanol–water partition coefficient (Wildman–Crippen LogP) is 12.8. The molecule has 5 aromatic carbocycles. The standard InChI is InChI=1S/C54H59BN2O/c1-30-22-43-46-44(23-30)57-47-34(49-48(57)33-16-14-15-17-45(33)58-49)25-32(50(3,4)5)26-40(47)55(46)39-27-36-38(54(12,13)21-19-52(36,8)9)29-42(39)56(43)41-28-37-35(24-31(41)2)51(6,7)18-20-53(37,10)11/h14-17,22-29H,18-21H2,1-13H3. The summed E-state index contributed by atoms with van der Waals surface area (Å²) in [5.41, 5.74) is 24.3. The summed E-state index contributed by atoms with van der Waals surface area (Å²) >= 11 is 0. The average Bonchev–Trinajstić information content (AvgIpc) is 3.68. The Labute approximate surface area is 345 Å². The van der Waals surface area contributed by atoms with Gasteiger partial charge in [0.1, 0.15) is 11.1 Å². The topological polar surface area (TPSA) is 21.3 Å². The van der Waals surface area contributed by atoms with Gasteiger partial charge in [-0.25, -0.2) is 0 Å². The highest BCUT2D eigenvalue weighted by molar-refractivity contribution is 7.00. The molecule has 2 aromatic heterocycles. The zero-order chi connectivity index (χ0) is 40.8. The molecule has 0 atom stereocenters. The SMILES string of the molecule is Cc1cc2c3c(c1)-n1c4c(cc(C(C)(C)C)cc4c4oc5ccccc5c41)B3c1cc3c(cc1N2c1cc2c(cc1C)C(C)(C)CCC2(C)C)C(C)(C)CCC3(C)C. The van der Waals surface area contributed by atoms with Crippen molar-refractivity contribution in [3.63, 3.8) is 0 Å². The second-order valence-electron chi connectivity index (χ2n) is 22.5. The molecule has 11 rings (SSSR count). The summed E-state index contributed by atoms with van der Waals surface area (Å²) in [6, 6.07) is 29.1. The van der Waals surface area contributed by atoms with Gasteiger partial charge < -0.3 is 13.9 Å². The molecule has 4 heterocycles. The molecule has 0 saturated heterocycles. The fourth-order valence-corrected chi connectivity index (χ4v) is 11.8. The maximum atomic E-state index is 6.92. The molecule has 0 spiro atoms. The molecule has 7 aromatic rings. The van der Waals surface area contributed by atoms with Crippen molar-refractivity contribution in [1.82, 2.24) is 4.57 Å². The molecule has 0 N–H and O–H groups in total. The van der Waals surface area contributed by atoms with E-state index in [1.807, 2.05) is 0 Å². The van der Waals surface area contributed by atoms with Crippen LogP contribution in [0.3, 0.4) is 0 Å². The summed E-state index contributed by atoms with van der Waals surface area (Å²) in [6.45, 7) is 31.6. The molecule has 0 radical (unpaired) electrons. The Hall–Kier alpha value is -4.70. The number of nitrogens with zero attached hydrogens (tertiary/aromatic N) is 2. The monoisotopic (exact) mass is 762 g/mol. The van der Waals surface area contributed by atoms with Crippen LogP contribution in [-0.2, 0) is 27.1 Å². The highest BCUT2D eigenvalue weighted by Crippen LogP contribution is 2.53. The Bertz CT molecular complexity index is 2970. The molecule has 58 heavy (non-hydrogen) atoms. The van der Waals surface area contributed by atoms with Crippen molar-refractivity contribution in [2.45, 2.75) is 143 Å². The van der Waals surface area contributed by atoms with Crippen molar-refractivity contribution in [3.05, 3.63) is 112 Å². The van der Waals surface area contributed by atoms with E-state index >= 15 is 0 Å². The number of furan rings is 1. The third kappa shape index (κ3) is 4.69. The predicted molar refractivity (Wildman–Crippen MR) is 249 cm³/mol. The van der Waals surface area contributed by atoms with Crippen LogP contribution < -0.4 is 21.3 Å². The van der Waals surface area contributed by atoms with Gasteiger partial charge in [-0.3, -0.25) is 0 Å².